The van der Waals surface area contributed by atoms with E-state index < -0.39 is 0 Å². The zero-order valence-corrected chi connectivity index (χ0v) is 15.0. The molecule has 2 heteroatoms. The lowest BCUT2D eigenvalue weighted by molar-refractivity contribution is -0.137. The third-order valence-corrected chi connectivity index (χ3v) is 3.94. The van der Waals surface area contributed by atoms with Crippen LogP contribution >= 0.6 is 0 Å². The van der Waals surface area contributed by atoms with Crippen molar-refractivity contribution in [1.29, 1.82) is 0 Å². The van der Waals surface area contributed by atoms with Gasteiger partial charge in [-0.2, -0.15) is 0 Å². The Morgan fingerprint density at radius 3 is 2.17 bits per heavy atom. The van der Waals surface area contributed by atoms with Gasteiger partial charge in [0.2, 0.25) is 0 Å². The maximum absolute atomic E-state index is 11.9. The van der Waals surface area contributed by atoms with E-state index in [-0.39, 0.29) is 11.4 Å². The molecule has 126 valence electrons. The molecule has 2 rings (SSSR count). The van der Waals surface area contributed by atoms with Crippen molar-refractivity contribution < 1.29 is 9.53 Å². The summed E-state index contributed by atoms with van der Waals surface area (Å²) >= 11 is 0. The van der Waals surface area contributed by atoms with Crippen LogP contribution in [0, 0.1) is 0 Å². The highest BCUT2D eigenvalue weighted by atomic mass is 16.5. The second-order valence-electron chi connectivity index (χ2n) is 6.91. The molecule has 2 aromatic carbocycles. The molecule has 0 radical (unpaired) electrons. The number of rotatable bonds is 5. The maximum Gasteiger partial charge on any atom is 0.331 e. The van der Waals surface area contributed by atoms with Crippen LogP contribution in [0.15, 0.2) is 60.7 Å². The fourth-order valence-corrected chi connectivity index (χ4v) is 2.56. The first-order chi connectivity index (χ1) is 11.4. The number of carbonyl (C=O) groups excluding carboxylic acids is 1. The van der Waals surface area contributed by atoms with Crippen LogP contribution in [0.2, 0.25) is 0 Å². The molecule has 0 N–H and O–H groups in total. The van der Waals surface area contributed by atoms with E-state index in [1.54, 1.807) is 6.08 Å². The fraction of sp³-hybridized carbons (Fsp3) is 0.318. The van der Waals surface area contributed by atoms with E-state index in [9.17, 15) is 4.79 Å². The summed E-state index contributed by atoms with van der Waals surface area (Å²) in [4.78, 5) is 11.9. The van der Waals surface area contributed by atoms with Gasteiger partial charge in [0.15, 0.2) is 0 Å². The van der Waals surface area contributed by atoms with Crippen LogP contribution in [0.25, 0.3) is 5.57 Å². The van der Waals surface area contributed by atoms with Gasteiger partial charge in [0.25, 0.3) is 0 Å². The molecule has 0 unspecified atom stereocenters. The first-order valence-corrected chi connectivity index (χ1v) is 8.42. The van der Waals surface area contributed by atoms with E-state index in [2.05, 4.69) is 57.2 Å². The Morgan fingerprint density at radius 1 is 1.00 bits per heavy atom. The molecule has 0 spiro atoms. The molecule has 0 fully saturated rings. The number of benzene rings is 2. The largest absolute Gasteiger partial charge is 0.463 e. The minimum atomic E-state index is -0.289. The topological polar surface area (TPSA) is 26.3 Å². The van der Waals surface area contributed by atoms with Crippen LogP contribution in [0.1, 0.15) is 44.4 Å². The van der Waals surface area contributed by atoms with Crippen molar-refractivity contribution >= 4 is 11.5 Å². The smallest absolute Gasteiger partial charge is 0.331 e. The van der Waals surface area contributed by atoms with E-state index in [4.69, 9.17) is 4.74 Å². The molecule has 0 saturated heterocycles. The minimum absolute atomic E-state index is 0.114. The third-order valence-electron chi connectivity index (χ3n) is 3.94. The van der Waals surface area contributed by atoms with Crippen molar-refractivity contribution in [3.05, 3.63) is 77.4 Å². The Bertz CT molecular complexity index is 689. The van der Waals surface area contributed by atoms with Gasteiger partial charge >= 0.3 is 5.97 Å². The van der Waals surface area contributed by atoms with E-state index in [0.29, 0.717) is 13.0 Å². The van der Waals surface area contributed by atoms with Crippen molar-refractivity contribution in [1.82, 2.24) is 0 Å². The van der Waals surface area contributed by atoms with Gasteiger partial charge in [0, 0.05) is 6.08 Å². The van der Waals surface area contributed by atoms with Gasteiger partial charge in [-0.1, -0.05) is 75.4 Å². The van der Waals surface area contributed by atoms with Crippen LogP contribution < -0.4 is 0 Å². The van der Waals surface area contributed by atoms with Crippen LogP contribution in [0.3, 0.4) is 0 Å². The summed E-state index contributed by atoms with van der Waals surface area (Å²) in [5, 5.41) is 0. The molecule has 24 heavy (non-hydrogen) atoms. The number of esters is 1. The summed E-state index contributed by atoms with van der Waals surface area (Å²) in [7, 11) is 0. The quantitative estimate of drug-likeness (QED) is 0.560. The normalized spacial score (nSPS) is 12.1. The Hall–Kier alpha value is -2.35. The average Bonchev–Trinajstić information content (AvgIpc) is 2.55. The van der Waals surface area contributed by atoms with Gasteiger partial charge in [-0.25, -0.2) is 4.79 Å². The molecule has 0 heterocycles. The zero-order valence-electron chi connectivity index (χ0n) is 15.0. The van der Waals surface area contributed by atoms with Gasteiger partial charge in [0.1, 0.15) is 0 Å². The molecule has 2 nitrogen and oxygen atoms in total. The lowest BCUT2D eigenvalue weighted by atomic mass is 9.86. The standard InChI is InChI=1S/C22H26O2/c1-5-24-21(23)16-19(15-17-9-7-6-8-10-17)18-11-13-20(14-12-18)22(2,3)4/h6-14,16H,5,15H2,1-4H3/b19-16+. The van der Waals surface area contributed by atoms with E-state index >= 15 is 0 Å². The first-order valence-electron chi connectivity index (χ1n) is 8.42. The molecule has 0 aromatic heterocycles. The van der Waals surface area contributed by atoms with Crippen molar-refractivity contribution in [2.45, 2.75) is 39.5 Å². The van der Waals surface area contributed by atoms with Crippen molar-refractivity contribution in [3.63, 3.8) is 0 Å². The Labute approximate surface area is 145 Å². The SMILES string of the molecule is CCOC(=O)/C=C(\Cc1ccccc1)c1ccc(C(C)(C)C)cc1. The summed E-state index contributed by atoms with van der Waals surface area (Å²) in [5.41, 5.74) is 4.59. The van der Waals surface area contributed by atoms with Gasteiger partial charge in [-0.05, 0) is 41.0 Å². The molecule has 2 aromatic rings. The number of carbonyl (C=O) groups is 1. The second-order valence-corrected chi connectivity index (χ2v) is 6.91. The number of hydrogen-bond donors (Lipinski definition) is 0. The molecule has 0 atom stereocenters. The average molecular weight is 322 g/mol. The van der Waals surface area contributed by atoms with Crippen molar-refractivity contribution in [3.8, 4) is 0 Å². The minimum Gasteiger partial charge on any atom is -0.463 e. The highest BCUT2D eigenvalue weighted by Gasteiger charge is 2.14. The molecule has 0 amide bonds. The summed E-state index contributed by atoms with van der Waals surface area (Å²) in [5.74, 6) is -0.289. The molecular weight excluding hydrogens is 296 g/mol. The monoisotopic (exact) mass is 322 g/mol. The van der Waals surface area contributed by atoms with Crippen molar-refractivity contribution in [2.24, 2.45) is 0 Å². The molecule has 0 aliphatic heterocycles. The molecule has 0 aliphatic rings. The van der Waals surface area contributed by atoms with Gasteiger partial charge in [-0.15, -0.1) is 0 Å². The maximum atomic E-state index is 11.9. The number of allylic oxidation sites excluding steroid dienone is 1. The van der Waals surface area contributed by atoms with Crippen LogP contribution in [0.5, 0.6) is 0 Å². The highest BCUT2D eigenvalue weighted by Crippen LogP contribution is 2.26. The fourth-order valence-electron chi connectivity index (χ4n) is 2.56. The third kappa shape index (κ3) is 5.09. The Kier molecular flexibility index (Phi) is 5.97. The van der Waals surface area contributed by atoms with Gasteiger partial charge < -0.3 is 4.74 Å². The van der Waals surface area contributed by atoms with Crippen LogP contribution in [-0.4, -0.2) is 12.6 Å². The van der Waals surface area contributed by atoms with Crippen molar-refractivity contribution in [2.75, 3.05) is 6.61 Å². The Morgan fingerprint density at radius 2 is 1.62 bits per heavy atom. The Balaban J connectivity index is 2.33. The van der Waals surface area contributed by atoms with Gasteiger partial charge in [0.05, 0.1) is 6.61 Å². The summed E-state index contributed by atoms with van der Waals surface area (Å²) in [6, 6.07) is 18.6. The van der Waals surface area contributed by atoms with E-state index in [1.807, 2.05) is 25.1 Å². The highest BCUT2D eigenvalue weighted by molar-refractivity contribution is 5.91. The number of ether oxygens (including phenoxy) is 1. The van der Waals surface area contributed by atoms with E-state index in [0.717, 1.165) is 11.1 Å². The van der Waals surface area contributed by atoms with Gasteiger partial charge in [-0.3, -0.25) is 0 Å². The molecule has 0 aliphatic carbocycles. The number of hydrogen-bond acceptors (Lipinski definition) is 2. The zero-order chi connectivity index (χ0) is 17.6. The summed E-state index contributed by atoms with van der Waals surface area (Å²) in [6.07, 6.45) is 2.32. The van der Waals surface area contributed by atoms with Crippen LogP contribution in [0.4, 0.5) is 0 Å². The molecular formula is C22H26O2. The summed E-state index contributed by atoms with van der Waals surface area (Å²) in [6.45, 7) is 8.79. The molecule has 0 saturated carbocycles. The lowest BCUT2D eigenvalue weighted by Crippen LogP contribution is -2.10. The predicted octanol–water partition coefficient (Wildman–Crippen LogP) is 5.17. The van der Waals surface area contributed by atoms with Crippen LogP contribution in [-0.2, 0) is 21.4 Å². The lowest BCUT2D eigenvalue weighted by Gasteiger charge is -2.19. The second kappa shape index (κ2) is 7.96. The predicted molar refractivity (Wildman–Crippen MR) is 99.9 cm³/mol. The first kappa shape index (κ1) is 18.0. The molecule has 0 bridgehead atoms. The summed E-state index contributed by atoms with van der Waals surface area (Å²) < 4.78 is 5.09. The van der Waals surface area contributed by atoms with E-state index in [1.165, 1.54) is 11.1 Å².